The molecule has 1 spiro atoms. The Hall–Kier alpha value is -1.43. The zero-order valence-electron chi connectivity index (χ0n) is 14.6. The standard InChI is InChI=1S/C17H29N5O/c1-4-9-21-10-7-17(12-21)6-5-14-19-20-15(22(14)11-8-17)16(23)18-13(2)3/h13H,4-12H2,1-3H3,(H,18,23)/t17-/m0/s1. The first-order valence-electron chi connectivity index (χ1n) is 8.98. The van der Waals surface area contributed by atoms with Crippen LogP contribution in [0.5, 0.6) is 0 Å². The molecule has 0 aromatic carbocycles. The highest BCUT2D eigenvalue weighted by Crippen LogP contribution is 2.40. The van der Waals surface area contributed by atoms with E-state index in [0.717, 1.165) is 31.6 Å². The fourth-order valence-electron chi connectivity index (χ4n) is 4.04. The van der Waals surface area contributed by atoms with Crippen LogP contribution in [0.2, 0.25) is 0 Å². The highest BCUT2D eigenvalue weighted by atomic mass is 16.2. The molecule has 2 aliphatic rings. The Labute approximate surface area is 138 Å². The molecule has 0 radical (unpaired) electrons. The van der Waals surface area contributed by atoms with Gasteiger partial charge in [-0.3, -0.25) is 4.79 Å². The lowest BCUT2D eigenvalue weighted by atomic mass is 9.80. The number of carbonyl (C=O) groups excluding carboxylic acids is 1. The monoisotopic (exact) mass is 319 g/mol. The van der Waals surface area contributed by atoms with Gasteiger partial charge in [0.05, 0.1) is 0 Å². The number of fused-ring (bicyclic) bond motifs is 1. The third kappa shape index (κ3) is 3.42. The molecule has 6 heteroatoms. The van der Waals surface area contributed by atoms with E-state index in [4.69, 9.17) is 0 Å². The largest absolute Gasteiger partial charge is 0.347 e. The molecule has 3 heterocycles. The maximum Gasteiger partial charge on any atom is 0.289 e. The van der Waals surface area contributed by atoms with Crippen molar-refractivity contribution in [3.8, 4) is 0 Å². The summed E-state index contributed by atoms with van der Waals surface area (Å²) in [6, 6.07) is 0.116. The first kappa shape index (κ1) is 16.4. The molecule has 1 amide bonds. The fourth-order valence-corrected chi connectivity index (χ4v) is 4.04. The van der Waals surface area contributed by atoms with Gasteiger partial charge in [0.25, 0.3) is 5.91 Å². The molecular weight excluding hydrogens is 290 g/mol. The van der Waals surface area contributed by atoms with Gasteiger partial charge >= 0.3 is 0 Å². The normalized spacial score (nSPS) is 24.9. The summed E-state index contributed by atoms with van der Waals surface area (Å²) in [5, 5.41) is 11.4. The van der Waals surface area contributed by atoms with Crippen LogP contribution in [0.1, 0.15) is 62.9 Å². The fraction of sp³-hybridized carbons (Fsp3) is 0.824. The number of rotatable bonds is 4. The van der Waals surface area contributed by atoms with E-state index in [0.29, 0.717) is 11.2 Å². The predicted molar refractivity (Wildman–Crippen MR) is 89.3 cm³/mol. The Balaban J connectivity index is 1.72. The van der Waals surface area contributed by atoms with Crippen molar-refractivity contribution < 1.29 is 4.79 Å². The topological polar surface area (TPSA) is 63.1 Å². The number of carbonyl (C=O) groups is 1. The van der Waals surface area contributed by atoms with E-state index in [9.17, 15) is 4.79 Å². The summed E-state index contributed by atoms with van der Waals surface area (Å²) < 4.78 is 2.05. The zero-order chi connectivity index (χ0) is 16.4. The van der Waals surface area contributed by atoms with Gasteiger partial charge in [-0.1, -0.05) is 6.92 Å². The SMILES string of the molecule is CCCN1CC[C@]2(CCc3nnc(C(=O)NC(C)C)n3CC2)C1. The second-order valence-electron chi connectivity index (χ2n) is 7.50. The summed E-state index contributed by atoms with van der Waals surface area (Å²) >= 11 is 0. The molecule has 23 heavy (non-hydrogen) atoms. The minimum Gasteiger partial charge on any atom is -0.347 e. The van der Waals surface area contributed by atoms with Crippen molar-refractivity contribution in [3.63, 3.8) is 0 Å². The molecule has 6 nitrogen and oxygen atoms in total. The molecule has 1 saturated heterocycles. The molecule has 1 fully saturated rings. The van der Waals surface area contributed by atoms with Crippen LogP contribution >= 0.6 is 0 Å². The Morgan fingerprint density at radius 3 is 2.78 bits per heavy atom. The molecule has 1 aromatic rings. The number of amides is 1. The smallest absolute Gasteiger partial charge is 0.289 e. The molecule has 3 rings (SSSR count). The number of hydrogen-bond acceptors (Lipinski definition) is 4. The summed E-state index contributed by atoms with van der Waals surface area (Å²) in [7, 11) is 0. The quantitative estimate of drug-likeness (QED) is 0.920. The maximum atomic E-state index is 12.3. The lowest BCUT2D eigenvalue weighted by molar-refractivity contribution is 0.0926. The highest BCUT2D eigenvalue weighted by Gasteiger charge is 2.39. The van der Waals surface area contributed by atoms with Gasteiger partial charge in [-0.25, -0.2) is 0 Å². The molecular formula is C17H29N5O. The molecule has 128 valence electrons. The van der Waals surface area contributed by atoms with E-state index in [1.165, 1.54) is 32.5 Å². The molecule has 1 aromatic heterocycles. The number of nitrogens with zero attached hydrogens (tertiary/aromatic N) is 4. The second kappa shape index (κ2) is 6.59. The van der Waals surface area contributed by atoms with Crippen molar-refractivity contribution in [1.29, 1.82) is 0 Å². The minimum atomic E-state index is -0.103. The van der Waals surface area contributed by atoms with Gasteiger partial charge in [0.2, 0.25) is 5.82 Å². The Morgan fingerprint density at radius 1 is 1.26 bits per heavy atom. The van der Waals surface area contributed by atoms with Crippen molar-refractivity contribution in [3.05, 3.63) is 11.6 Å². The van der Waals surface area contributed by atoms with E-state index >= 15 is 0 Å². The van der Waals surface area contributed by atoms with Crippen LogP contribution in [0, 0.1) is 5.41 Å². The van der Waals surface area contributed by atoms with Crippen molar-refractivity contribution in [2.75, 3.05) is 19.6 Å². The first-order chi connectivity index (χ1) is 11.0. The van der Waals surface area contributed by atoms with Crippen LogP contribution in [0.15, 0.2) is 0 Å². The van der Waals surface area contributed by atoms with Crippen LogP contribution in [-0.2, 0) is 13.0 Å². The summed E-state index contributed by atoms with van der Waals surface area (Å²) in [5.41, 5.74) is 0.404. The van der Waals surface area contributed by atoms with E-state index in [1.807, 2.05) is 13.8 Å². The number of hydrogen-bond donors (Lipinski definition) is 1. The Morgan fingerprint density at radius 2 is 2.04 bits per heavy atom. The third-order valence-electron chi connectivity index (χ3n) is 5.25. The summed E-state index contributed by atoms with van der Waals surface area (Å²) in [4.78, 5) is 14.9. The van der Waals surface area contributed by atoms with Crippen molar-refractivity contribution in [1.82, 2.24) is 25.0 Å². The maximum absolute atomic E-state index is 12.3. The van der Waals surface area contributed by atoms with Gasteiger partial charge in [0.15, 0.2) is 0 Å². The van der Waals surface area contributed by atoms with Gasteiger partial charge in [-0.05, 0) is 58.0 Å². The van der Waals surface area contributed by atoms with Crippen LogP contribution in [-0.4, -0.2) is 51.2 Å². The third-order valence-corrected chi connectivity index (χ3v) is 5.25. The van der Waals surface area contributed by atoms with Crippen molar-refractivity contribution in [2.45, 2.75) is 65.5 Å². The predicted octanol–water partition coefficient (Wildman–Crippen LogP) is 1.85. The van der Waals surface area contributed by atoms with E-state index in [1.54, 1.807) is 0 Å². The molecule has 0 saturated carbocycles. The lowest BCUT2D eigenvalue weighted by Gasteiger charge is -2.27. The number of likely N-dealkylation sites (tertiary alicyclic amines) is 1. The molecule has 2 aliphatic heterocycles. The Bertz CT molecular complexity index is 567. The first-order valence-corrected chi connectivity index (χ1v) is 8.98. The van der Waals surface area contributed by atoms with Crippen LogP contribution in [0.3, 0.4) is 0 Å². The zero-order valence-corrected chi connectivity index (χ0v) is 14.6. The molecule has 0 bridgehead atoms. The Kier molecular flexibility index (Phi) is 4.71. The summed E-state index contributed by atoms with van der Waals surface area (Å²) in [5.74, 6) is 1.35. The van der Waals surface area contributed by atoms with Gasteiger partial charge < -0.3 is 14.8 Å². The number of nitrogens with one attached hydrogen (secondary N) is 1. The average Bonchev–Trinajstić information content (AvgIpc) is 3.03. The van der Waals surface area contributed by atoms with Crippen LogP contribution in [0.4, 0.5) is 0 Å². The second-order valence-corrected chi connectivity index (χ2v) is 7.50. The molecule has 1 atom stereocenters. The van der Waals surface area contributed by atoms with Crippen LogP contribution in [0.25, 0.3) is 0 Å². The van der Waals surface area contributed by atoms with Crippen molar-refractivity contribution in [2.24, 2.45) is 5.41 Å². The molecule has 1 N–H and O–H groups in total. The van der Waals surface area contributed by atoms with Gasteiger partial charge in [0.1, 0.15) is 5.82 Å². The highest BCUT2D eigenvalue weighted by molar-refractivity contribution is 5.90. The van der Waals surface area contributed by atoms with Gasteiger partial charge in [-0.15, -0.1) is 10.2 Å². The molecule has 0 aliphatic carbocycles. The van der Waals surface area contributed by atoms with E-state index in [2.05, 4.69) is 31.9 Å². The number of aryl methyl sites for hydroxylation is 1. The van der Waals surface area contributed by atoms with E-state index in [-0.39, 0.29) is 11.9 Å². The average molecular weight is 319 g/mol. The summed E-state index contributed by atoms with van der Waals surface area (Å²) in [6.07, 6.45) is 5.72. The minimum absolute atomic E-state index is 0.103. The lowest BCUT2D eigenvalue weighted by Crippen LogP contribution is -2.33. The van der Waals surface area contributed by atoms with Crippen molar-refractivity contribution >= 4 is 5.91 Å². The van der Waals surface area contributed by atoms with Gasteiger partial charge in [-0.2, -0.15) is 0 Å². The summed E-state index contributed by atoms with van der Waals surface area (Å²) in [6.45, 7) is 10.7. The number of aromatic nitrogens is 3. The van der Waals surface area contributed by atoms with Gasteiger partial charge in [0, 0.05) is 25.6 Å². The van der Waals surface area contributed by atoms with E-state index < -0.39 is 0 Å². The van der Waals surface area contributed by atoms with Crippen LogP contribution < -0.4 is 5.32 Å². The molecule has 0 unspecified atom stereocenters.